The number of carbonyl (C=O) groups excluding carboxylic acids is 1. The van der Waals surface area contributed by atoms with Crippen LogP contribution in [0.1, 0.15) is 39.3 Å². The molecule has 1 aliphatic rings. The van der Waals surface area contributed by atoms with E-state index in [4.69, 9.17) is 4.74 Å². The summed E-state index contributed by atoms with van der Waals surface area (Å²) in [6.45, 7) is 8.92. The standard InChI is InChI=1S/C15H25N3O2/c1-5-20-14(19)15(13-6-7-13,17-11(2)3)10-18-12(4)8-9-16-18/h8-9,11,13,17H,5-7,10H2,1-4H3. The molecule has 2 rings (SSSR count). The molecule has 1 aromatic heterocycles. The van der Waals surface area contributed by atoms with Crippen LogP contribution in [0.2, 0.25) is 0 Å². The first kappa shape index (κ1) is 15.0. The molecular weight excluding hydrogens is 254 g/mol. The average molecular weight is 279 g/mol. The SMILES string of the molecule is CCOC(=O)C(Cn1nccc1C)(NC(C)C)C1CC1. The van der Waals surface area contributed by atoms with Crippen molar-refractivity contribution in [3.63, 3.8) is 0 Å². The lowest BCUT2D eigenvalue weighted by molar-refractivity contribution is -0.153. The Bertz CT molecular complexity index is 465. The first-order chi connectivity index (χ1) is 9.49. The fourth-order valence-electron chi connectivity index (χ4n) is 2.73. The van der Waals surface area contributed by atoms with Gasteiger partial charge in [0.05, 0.1) is 13.2 Å². The highest BCUT2D eigenvalue weighted by atomic mass is 16.5. The third-order valence-electron chi connectivity index (χ3n) is 3.79. The quantitative estimate of drug-likeness (QED) is 0.775. The molecule has 0 aromatic carbocycles. The van der Waals surface area contributed by atoms with Gasteiger partial charge in [0.25, 0.3) is 0 Å². The number of aromatic nitrogens is 2. The molecule has 1 aliphatic carbocycles. The van der Waals surface area contributed by atoms with Gasteiger partial charge in [-0.3, -0.25) is 10.00 Å². The highest BCUT2D eigenvalue weighted by molar-refractivity contribution is 5.82. The van der Waals surface area contributed by atoms with E-state index in [1.807, 2.05) is 24.6 Å². The second-order valence-electron chi connectivity index (χ2n) is 5.90. The highest BCUT2D eigenvalue weighted by Crippen LogP contribution is 2.42. The van der Waals surface area contributed by atoms with Crippen LogP contribution in [-0.4, -0.2) is 33.9 Å². The molecule has 0 spiro atoms. The van der Waals surface area contributed by atoms with Crippen molar-refractivity contribution in [1.82, 2.24) is 15.1 Å². The van der Waals surface area contributed by atoms with Crippen molar-refractivity contribution in [2.45, 2.75) is 58.7 Å². The molecule has 1 unspecified atom stereocenters. The summed E-state index contributed by atoms with van der Waals surface area (Å²) in [6.07, 6.45) is 3.91. The molecule has 0 saturated heterocycles. The Labute approximate surface area is 120 Å². The third kappa shape index (κ3) is 3.03. The van der Waals surface area contributed by atoms with Gasteiger partial charge < -0.3 is 4.74 Å². The van der Waals surface area contributed by atoms with E-state index in [9.17, 15) is 4.79 Å². The Morgan fingerprint density at radius 3 is 2.75 bits per heavy atom. The van der Waals surface area contributed by atoms with Crippen molar-refractivity contribution in [2.24, 2.45) is 5.92 Å². The molecule has 5 heteroatoms. The van der Waals surface area contributed by atoms with Gasteiger partial charge in [0, 0.05) is 17.9 Å². The monoisotopic (exact) mass is 279 g/mol. The van der Waals surface area contributed by atoms with Crippen molar-refractivity contribution in [3.05, 3.63) is 18.0 Å². The van der Waals surface area contributed by atoms with Crippen LogP contribution in [-0.2, 0) is 16.1 Å². The number of nitrogens with one attached hydrogen (secondary N) is 1. The zero-order valence-corrected chi connectivity index (χ0v) is 12.8. The minimum Gasteiger partial charge on any atom is -0.465 e. The molecule has 20 heavy (non-hydrogen) atoms. The van der Waals surface area contributed by atoms with Gasteiger partial charge in [0.2, 0.25) is 0 Å². The van der Waals surface area contributed by atoms with Crippen molar-refractivity contribution < 1.29 is 9.53 Å². The van der Waals surface area contributed by atoms with Gasteiger partial charge in [0.15, 0.2) is 0 Å². The van der Waals surface area contributed by atoms with Gasteiger partial charge in [-0.1, -0.05) is 0 Å². The van der Waals surface area contributed by atoms with E-state index in [-0.39, 0.29) is 12.0 Å². The summed E-state index contributed by atoms with van der Waals surface area (Å²) in [5.74, 6) is 0.193. The molecule has 0 bridgehead atoms. The van der Waals surface area contributed by atoms with Gasteiger partial charge in [0.1, 0.15) is 5.54 Å². The fourth-order valence-corrected chi connectivity index (χ4v) is 2.73. The number of carbonyl (C=O) groups is 1. The normalized spacial score (nSPS) is 18.1. The minimum atomic E-state index is -0.652. The number of hydrogen-bond acceptors (Lipinski definition) is 4. The molecule has 112 valence electrons. The Hall–Kier alpha value is -1.36. The van der Waals surface area contributed by atoms with Crippen LogP contribution >= 0.6 is 0 Å². The fraction of sp³-hybridized carbons (Fsp3) is 0.733. The number of ether oxygens (including phenoxy) is 1. The summed E-state index contributed by atoms with van der Waals surface area (Å²) in [4.78, 5) is 12.6. The number of hydrogen-bond donors (Lipinski definition) is 1. The molecule has 1 N–H and O–H groups in total. The van der Waals surface area contributed by atoms with Crippen LogP contribution < -0.4 is 5.32 Å². The Balaban J connectivity index is 2.30. The summed E-state index contributed by atoms with van der Waals surface area (Å²) in [5.41, 5.74) is 0.408. The maximum absolute atomic E-state index is 12.6. The predicted molar refractivity (Wildman–Crippen MR) is 77.3 cm³/mol. The van der Waals surface area contributed by atoms with Gasteiger partial charge in [-0.15, -0.1) is 0 Å². The van der Waals surface area contributed by atoms with Gasteiger partial charge in [-0.25, -0.2) is 4.79 Å². The van der Waals surface area contributed by atoms with E-state index in [0.29, 0.717) is 19.1 Å². The maximum Gasteiger partial charge on any atom is 0.328 e. The van der Waals surface area contributed by atoms with E-state index in [1.54, 1.807) is 6.20 Å². The van der Waals surface area contributed by atoms with Gasteiger partial charge in [-0.2, -0.15) is 5.10 Å². The molecule has 1 atom stereocenters. The Morgan fingerprint density at radius 1 is 1.60 bits per heavy atom. The van der Waals surface area contributed by atoms with Crippen LogP contribution in [0.15, 0.2) is 12.3 Å². The number of esters is 1. The van der Waals surface area contributed by atoms with Crippen LogP contribution in [0.25, 0.3) is 0 Å². The molecule has 5 nitrogen and oxygen atoms in total. The zero-order valence-electron chi connectivity index (χ0n) is 12.8. The van der Waals surface area contributed by atoms with E-state index in [1.165, 1.54) is 0 Å². The molecule has 0 aliphatic heterocycles. The van der Waals surface area contributed by atoms with E-state index < -0.39 is 5.54 Å². The topological polar surface area (TPSA) is 56.2 Å². The minimum absolute atomic E-state index is 0.147. The lowest BCUT2D eigenvalue weighted by atomic mass is 9.91. The lowest BCUT2D eigenvalue weighted by Gasteiger charge is -2.35. The molecular formula is C15H25N3O2. The van der Waals surface area contributed by atoms with Crippen molar-refractivity contribution in [1.29, 1.82) is 0 Å². The van der Waals surface area contributed by atoms with Crippen LogP contribution in [0.5, 0.6) is 0 Å². The molecule has 1 saturated carbocycles. The molecule has 1 heterocycles. The Morgan fingerprint density at radius 2 is 2.30 bits per heavy atom. The van der Waals surface area contributed by atoms with Gasteiger partial charge >= 0.3 is 5.97 Å². The molecule has 1 aromatic rings. The second kappa shape index (κ2) is 5.95. The largest absolute Gasteiger partial charge is 0.465 e. The van der Waals surface area contributed by atoms with Gasteiger partial charge in [-0.05, 0) is 52.5 Å². The molecule has 1 fully saturated rings. The maximum atomic E-state index is 12.6. The van der Waals surface area contributed by atoms with Crippen molar-refractivity contribution in [2.75, 3.05) is 6.61 Å². The van der Waals surface area contributed by atoms with Crippen LogP contribution in [0.3, 0.4) is 0 Å². The average Bonchev–Trinajstić information content (AvgIpc) is 3.15. The summed E-state index contributed by atoms with van der Waals surface area (Å²) >= 11 is 0. The molecule has 0 radical (unpaired) electrons. The number of aryl methyl sites for hydroxylation is 1. The summed E-state index contributed by atoms with van der Waals surface area (Å²) in [6, 6.07) is 2.17. The smallest absolute Gasteiger partial charge is 0.328 e. The summed E-state index contributed by atoms with van der Waals surface area (Å²) in [5, 5.41) is 7.80. The summed E-state index contributed by atoms with van der Waals surface area (Å²) in [7, 11) is 0. The zero-order chi connectivity index (χ0) is 14.8. The van der Waals surface area contributed by atoms with Crippen LogP contribution in [0.4, 0.5) is 0 Å². The predicted octanol–water partition coefficient (Wildman–Crippen LogP) is 1.90. The van der Waals surface area contributed by atoms with E-state index in [0.717, 1.165) is 18.5 Å². The third-order valence-corrected chi connectivity index (χ3v) is 3.79. The second-order valence-corrected chi connectivity index (χ2v) is 5.90. The van der Waals surface area contributed by atoms with Crippen molar-refractivity contribution in [3.8, 4) is 0 Å². The lowest BCUT2D eigenvalue weighted by Crippen LogP contribution is -2.60. The van der Waals surface area contributed by atoms with E-state index >= 15 is 0 Å². The Kier molecular flexibility index (Phi) is 4.48. The summed E-state index contributed by atoms with van der Waals surface area (Å²) < 4.78 is 7.25. The first-order valence-electron chi connectivity index (χ1n) is 7.43. The number of nitrogens with zero attached hydrogens (tertiary/aromatic N) is 2. The number of rotatable bonds is 7. The first-order valence-corrected chi connectivity index (χ1v) is 7.43. The van der Waals surface area contributed by atoms with Crippen LogP contribution in [0, 0.1) is 12.8 Å². The highest BCUT2D eigenvalue weighted by Gasteiger charge is 2.52. The van der Waals surface area contributed by atoms with E-state index in [2.05, 4.69) is 24.3 Å². The van der Waals surface area contributed by atoms with Crippen molar-refractivity contribution >= 4 is 5.97 Å². The molecule has 0 amide bonds.